The first-order chi connectivity index (χ1) is 9.99. The van der Waals surface area contributed by atoms with E-state index in [1.165, 1.54) is 12.1 Å². The number of nitrogens with one attached hydrogen (secondary N) is 1. The van der Waals surface area contributed by atoms with E-state index in [1.807, 2.05) is 0 Å². The Bertz CT molecular complexity index is 586. The normalized spacial score (nSPS) is 11.2. The largest absolute Gasteiger partial charge is 0.416 e. The summed E-state index contributed by atoms with van der Waals surface area (Å²) in [7, 11) is 0. The number of halogens is 3. The maximum Gasteiger partial charge on any atom is 0.416 e. The van der Waals surface area contributed by atoms with Crippen molar-refractivity contribution in [2.24, 2.45) is 5.73 Å². The summed E-state index contributed by atoms with van der Waals surface area (Å²) in [5.74, 6) is 0.433. The minimum absolute atomic E-state index is 0.0107. The fraction of sp³-hybridized carbons (Fsp3) is 0.143. The van der Waals surface area contributed by atoms with Gasteiger partial charge in [0.2, 0.25) is 0 Å². The molecule has 0 aliphatic rings. The van der Waals surface area contributed by atoms with E-state index in [-0.39, 0.29) is 5.75 Å². The van der Waals surface area contributed by atoms with E-state index in [4.69, 9.17) is 15.4 Å². The quantitative estimate of drug-likeness (QED) is 0.833. The molecule has 2 aromatic carbocycles. The zero-order valence-electron chi connectivity index (χ0n) is 10.9. The summed E-state index contributed by atoms with van der Waals surface area (Å²) in [6.07, 6.45) is -4.42. The predicted molar refractivity (Wildman–Crippen MR) is 70.2 cm³/mol. The van der Waals surface area contributed by atoms with Gasteiger partial charge in [0.1, 0.15) is 0 Å². The number of alkyl halides is 3. The third kappa shape index (κ3) is 4.37. The van der Waals surface area contributed by atoms with Crippen LogP contribution < -0.4 is 21.1 Å². The van der Waals surface area contributed by atoms with Gasteiger partial charge in [0.05, 0.1) is 5.56 Å². The smallest absolute Gasteiger partial charge is 0.374 e. The molecule has 7 heteroatoms. The second kappa shape index (κ2) is 6.47. The zero-order valence-corrected chi connectivity index (χ0v) is 10.9. The van der Waals surface area contributed by atoms with Crippen LogP contribution in [0.15, 0.2) is 48.5 Å². The molecular formula is C14H13F3N2O2. The average molecular weight is 298 g/mol. The van der Waals surface area contributed by atoms with E-state index in [9.17, 15) is 13.2 Å². The minimum Gasteiger partial charge on any atom is -0.374 e. The molecule has 21 heavy (non-hydrogen) atoms. The lowest BCUT2D eigenvalue weighted by atomic mass is 10.2. The van der Waals surface area contributed by atoms with E-state index in [0.717, 1.165) is 17.7 Å². The van der Waals surface area contributed by atoms with E-state index < -0.39 is 11.7 Å². The molecule has 0 fully saturated rings. The highest BCUT2D eigenvalue weighted by Gasteiger charge is 2.30. The molecule has 0 bridgehead atoms. The van der Waals surface area contributed by atoms with Gasteiger partial charge < -0.3 is 15.4 Å². The first kappa shape index (κ1) is 15.1. The molecule has 0 saturated carbocycles. The van der Waals surface area contributed by atoms with Gasteiger partial charge >= 0.3 is 6.18 Å². The standard InChI is InChI=1S/C14H13F3N2O2/c15-14(16,17)11-2-1-3-13(8-11)21-19-20-12-6-4-10(9-18)5-7-12/h1-8,19H,9,18H2. The van der Waals surface area contributed by atoms with E-state index in [2.05, 4.69) is 5.64 Å². The lowest BCUT2D eigenvalue weighted by Crippen LogP contribution is -2.22. The molecule has 0 heterocycles. The molecule has 112 valence electrons. The Labute approximate surface area is 119 Å². The molecule has 0 radical (unpaired) electrons. The Morgan fingerprint density at radius 2 is 1.62 bits per heavy atom. The van der Waals surface area contributed by atoms with Gasteiger partial charge in [-0.15, -0.1) is 0 Å². The fourth-order valence-corrected chi connectivity index (χ4v) is 1.55. The van der Waals surface area contributed by atoms with Crippen LogP contribution >= 0.6 is 0 Å². The summed E-state index contributed by atoms with van der Waals surface area (Å²) in [5, 5.41) is 0. The number of hydrogen-bond acceptors (Lipinski definition) is 4. The SMILES string of the molecule is NCc1ccc(ONOc2cccc(C(F)(F)F)c2)cc1. The number of nitrogens with two attached hydrogens (primary N) is 1. The van der Waals surface area contributed by atoms with Crippen LogP contribution in [0.1, 0.15) is 11.1 Å². The Morgan fingerprint density at radius 1 is 0.952 bits per heavy atom. The first-order valence-corrected chi connectivity index (χ1v) is 6.04. The fourth-order valence-electron chi connectivity index (χ4n) is 1.55. The Balaban J connectivity index is 1.91. The molecule has 0 spiro atoms. The molecule has 0 aliphatic heterocycles. The summed E-state index contributed by atoms with van der Waals surface area (Å²) < 4.78 is 37.5. The summed E-state index contributed by atoms with van der Waals surface area (Å²) in [6, 6.07) is 11.3. The van der Waals surface area contributed by atoms with Crippen molar-refractivity contribution in [3.05, 3.63) is 59.7 Å². The second-order valence-electron chi connectivity index (χ2n) is 4.16. The van der Waals surface area contributed by atoms with Crippen LogP contribution in [0.2, 0.25) is 0 Å². The van der Waals surface area contributed by atoms with Gasteiger partial charge in [0.15, 0.2) is 11.5 Å². The van der Waals surface area contributed by atoms with Crippen molar-refractivity contribution in [2.45, 2.75) is 12.7 Å². The van der Waals surface area contributed by atoms with Gasteiger partial charge in [-0.1, -0.05) is 18.2 Å². The third-order valence-electron chi connectivity index (χ3n) is 2.64. The monoisotopic (exact) mass is 298 g/mol. The van der Waals surface area contributed by atoms with Crippen LogP contribution in [0.5, 0.6) is 11.5 Å². The topological polar surface area (TPSA) is 56.5 Å². The molecule has 0 amide bonds. The lowest BCUT2D eigenvalue weighted by Gasteiger charge is -2.11. The van der Waals surface area contributed by atoms with E-state index in [0.29, 0.717) is 12.3 Å². The van der Waals surface area contributed by atoms with Crippen molar-refractivity contribution >= 4 is 0 Å². The maximum absolute atomic E-state index is 12.5. The van der Waals surface area contributed by atoms with Gasteiger partial charge in [-0.2, -0.15) is 13.2 Å². The van der Waals surface area contributed by atoms with E-state index >= 15 is 0 Å². The van der Waals surface area contributed by atoms with Crippen molar-refractivity contribution < 1.29 is 22.8 Å². The zero-order chi connectivity index (χ0) is 15.3. The minimum atomic E-state index is -4.42. The molecule has 3 N–H and O–H groups in total. The molecule has 0 aromatic heterocycles. The Hall–Kier alpha value is -2.25. The molecular weight excluding hydrogens is 285 g/mol. The summed E-state index contributed by atoms with van der Waals surface area (Å²) in [6.45, 7) is 0.411. The number of rotatable bonds is 5. The lowest BCUT2D eigenvalue weighted by molar-refractivity contribution is -0.137. The third-order valence-corrected chi connectivity index (χ3v) is 2.64. The van der Waals surface area contributed by atoms with Crippen molar-refractivity contribution in [3.8, 4) is 11.5 Å². The highest BCUT2D eigenvalue weighted by Crippen LogP contribution is 2.31. The highest BCUT2D eigenvalue weighted by molar-refractivity contribution is 5.30. The summed E-state index contributed by atoms with van der Waals surface area (Å²) >= 11 is 0. The van der Waals surface area contributed by atoms with Crippen LogP contribution in [-0.2, 0) is 12.7 Å². The summed E-state index contributed by atoms with van der Waals surface area (Å²) in [4.78, 5) is 9.95. The molecule has 2 aromatic rings. The first-order valence-electron chi connectivity index (χ1n) is 6.04. The molecule has 0 aliphatic carbocycles. The van der Waals surface area contributed by atoms with Crippen LogP contribution in [-0.4, -0.2) is 0 Å². The predicted octanol–water partition coefficient (Wildman–Crippen LogP) is 3.04. The van der Waals surface area contributed by atoms with E-state index in [1.54, 1.807) is 24.3 Å². The maximum atomic E-state index is 12.5. The number of hydrogen-bond donors (Lipinski definition) is 2. The molecule has 0 unspecified atom stereocenters. The van der Waals surface area contributed by atoms with Crippen LogP contribution in [0.25, 0.3) is 0 Å². The number of benzene rings is 2. The van der Waals surface area contributed by atoms with Crippen LogP contribution in [0.4, 0.5) is 13.2 Å². The Kier molecular flexibility index (Phi) is 4.66. The van der Waals surface area contributed by atoms with Gasteiger partial charge in [-0.3, -0.25) is 0 Å². The van der Waals surface area contributed by atoms with Crippen molar-refractivity contribution in [1.82, 2.24) is 5.64 Å². The molecule has 0 saturated heterocycles. The van der Waals surface area contributed by atoms with Crippen molar-refractivity contribution in [1.29, 1.82) is 0 Å². The summed E-state index contributed by atoms with van der Waals surface area (Å²) in [5.41, 5.74) is 7.72. The van der Waals surface area contributed by atoms with Crippen LogP contribution in [0.3, 0.4) is 0 Å². The van der Waals surface area contributed by atoms with Gasteiger partial charge in [-0.25, -0.2) is 0 Å². The second-order valence-corrected chi connectivity index (χ2v) is 4.16. The Morgan fingerprint density at radius 3 is 2.24 bits per heavy atom. The van der Waals surface area contributed by atoms with Gasteiger partial charge in [-0.05, 0) is 35.9 Å². The van der Waals surface area contributed by atoms with Crippen molar-refractivity contribution in [2.75, 3.05) is 0 Å². The molecule has 0 atom stereocenters. The highest BCUT2D eigenvalue weighted by atomic mass is 19.4. The van der Waals surface area contributed by atoms with Gasteiger partial charge in [0, 0.05) is 12.2 Å². The van der Waals surface area contributed by atoms with Gasteiger partial charge in [0.25, 0.3) is 0 Å². The van der Waals surface area contributed by atoms with Crippen molar-refractivity contribution in [3.63, 3.8) is 0 Å². The molecule has 2 rings (SSSR count). The molecule has 4 nitrogen and oxygen atoms in total. The average Bonchev–Trinajstić information content (AvgIpc) is 2.47. The van der Waals surface area contributed by atoms with Crippen LogP contribution in [0, 0.1) is 0 Å².